The van der Waals surface area contributed by atoms with Gasteiger partial charge in [-0.2, -0.15) is 0 Å². The minimum absolute atomic E-state index is 0.0648. The molecule has 0 heterocycles. The second-order valence-corrected chi connectivity index (χ2v) is 6.36. The summed E-state index contributed by atoms with van der Waals surface area (Å²) in [6.45, 7) is 10.7. The first-order valence-corrected chi connectivity index (χ1v) is 6.87. The Bertz CT molecular complexity index is 730. The summed E-state index contributed by atoms with van der Waals surface area (Å²) in [5, 5.41) is 0. The second kappa shape index (κ2) is 4.17. The van der Waals surface area contributed by atoms with Crippen molar-refractivity contribution in [3.63, 3.8) is 0 Å². The molecule has 0 N–H and O–H groups in total. The van der Waals surface area contributed by atoms with Gasteiger partial charge in [0.15, 0.2) is 5.78 Å². The zero-order chi connectivity index (χ0) is 14.5. The molecule has 1 aliphatic rings. The molecule has 0 radical (unpaired) electrons. The van der Waals surface area contributed by atoms with Crippen molar-refractivity contribution in [3.8, 4) is 0 Å². The smallest absolute Gasteiger partial charge is 0.194 e. The molecule has 100 valence electrons. The zero-order valence-corrected chi connectivity index (χ0v) is 12.2. The molecular formula is C19H18O. The highest BCUT2D eigenvalue weighted by Crippen LogP contribution is 2.36. The van der Waals surface area contributed by atoms with Crippen LogP contribution in [0.3, 0.4) is 0 Å². The molecule has 0 bridgehead atoms. The van der Waals surface area contributed by atoms with Crippen molar-refractivity contribution in [2.24, 2.45) is 0 Å². The van der Waals surface area contributed by atoms with Crippen molar-refractivity contribution in [1.82, 2.24) is 0 Å². The van der Waals surface area contributed by atoms with Gasteiger partial charge >= 0.3 is 0 Å². The second-order valence-electron chi connectivity index (χ2n) is 6.36. The Morgan fingerprint density at radius 2 is 1.45 bits per heavy atom. The molecule has 3 rings (SSSR count). The number of rotatable bonds is 0. The van der Waals surface area contributed by atoms with Gasteiger partial charge in [0.2, 0.25) is 0 Å². The summed E-state index contributed by atoms with van der Waals surface area (Å²) in [6, 6.07) is 13.8. The van der Waals surface area contributed by atoms with Crippen molar-refractivity contribution >= 4 is 11.4 Å². The number of hydrogen-bond donors (Lipinski definition) is 0. The minimum atomic E-state index is 0.0648. The molecule has 0 amide bonds. The van der Waals surface area contributed by atoms with Crippen LogP contribution in [0, 0.1) is 0 Å². The molecule has 2 aromatic carbocycles. The number of fused-ring (bicyclic) bond motifs is 2. The van der Waals surface area contributed by atoms with Crippen molar-refractivity contribution in [3.05, 3.63) is 76.9 Å². The average molecular weight is 262 g/mol. The van der Waals surface area contributed by atoms with Gasteiger partial charge in [-0.3, -0.25) is 4.79 Å². The number of hydrogen-bond acceptors (Lipinski definition) is 1. The Hall–Kier alpha value is -2.15. The zero-order valence-electron chi connectivity index (χ0n) is 12.2. The fourth-order valence-corrected chi connectivity index (χ4v) is 2.69. The highest BCUT2D eigenvalue weighted by atomic mass is 16.1. The monoisotopic (exact) mass is 262 g/mol. The molecule has 0 spiro atoms. The van der Waals surface area contributed by atoms with E-state index in [1.165, 1.54) is 5.56 Å². The standard InChI is InChI=1S/C19H18O/c1-12-14-7-5-6-8-15(14)18(20)16-10-9-13(11-17(12)16)19(2,3)4/h5-11H,1H2,2-4H3. The predicted molar refractivity (Wildman–Crippen MR) is 83.2 cm³/mol. The van der Waals surface area contributed by atoms with Gasteiger partial charge in [-0.05, 0) is 33.7 Å². The van der Waals surface area contributed by atoms with Crippen molar-refractivity contribution in [2.75, 3.05) is 0 Å². The Morgan fingerprint density at radius 1 is 0.850 bits per heavy atom. The Kier molecular flexibility index (Phi) is 2.68. The van der Waals surface area contributed by atoms with E-state index in [4.69, 9.17) is 0 Å². The van der Waals surface area contributed by atoms with Crippen LogP contribution in [0.5, 0.6) is 0 Å². The molecule has 0 aromatic heterocycles. The molecule has 0 fully saturated rings. The first kappa shape index (κ1) is 12.9. The van der Waals surface area contributed by atoms with Crippen LogP contribution < -0.4 is 0 Å². The van der Waals surface area contributed by atoms with Gasteiger partial charge in [-0.15, -0.1) is 0 Å². The molecule has 0 aliphatic heterocycles. The summed E-state index contributed by atoms with van der Waals surface area (Å²) >= 11 is 0. The van der Waals surface area contributed by atoms with Crippen LogP contribution in [0.2, 0.25) is 0 Å². The predicted octanol–water partition coefficient (Wildman–Crippen LogP) is 4.59. The third-order valence-corrected chi connectivity index (χ3v) is 3.95. The largest absolute Gasteiger partial charge is 0.289 e. The molecule has 1 heteroatoms. The third kappa shape index (κ3) is 1.82. The first-order valence-electron chi connectivity index (χ1n) is 6.87. The van der Waals surface area contributed by atoms with Gasteiger partial charge in [-0.1, -0.05) is 63.7 Å². The Morgan fingerprint density at radius 3 is 2.10 bits per heavy atom. The average Bonchev–Trinajstić information content (AvgIpc) is 2.43. The maximum atomic E-state index is 12.6. The molecule has 0 unspecified atom stereocenters. The summed E-state index contributed by atoms with van der Waals surface area (Å²) in [6.07, 6.45) is 0. The van der Waals surface area contributed by atoms with E-state index < -0.39 is 0 Å². The van der Waals surface area contributed by atoms with E-state index in [1.807, 2.05) is 30.3 Å². The summed E-state index contributed by atoms with van der Waals surface area (Å²) < 4.78 is 0. The Labute approximate surface area is 120 Å². The van der Waals surface area contributed by atoms with Crippen LogP contribution in [0.4, 0.5) is 0 Å². The van der Waals surface area contributed by atoms with E-state index in [-0.39, 0.29) is 11.2 Å². The Balaban J connectivity index is 2.24. The van der Waals surface area contributed by atoms with Crippen LogP contribution in [-0.2, 0) is 5.41 Å². The molecular weight excluding hydrogens is 244 g/mol. The molecule has 1 aliphatic carbocycles. The lowest BCUT2D eigenvalue weighted by atomic mass is 9.78. The van der Waals surface area contributed by atoms with E-state index in [1.54, 1.807) is 0 Å². The van der Waals surface area contributed by atoms with Crippen LogP contribution >= 0.6 is 0 Å². The normalized spacial score (nSPS) is 13.9. The molecule has 2 aromatic rings. The molecule has 0 saturated carbocycles. The van der Waals surface area contributed by atoms with Gasteiger partial charge in [-0.25, -0.2) is 0 Å². The van der Waals surface area contributed by atoms with E-state index in [2.05, 4.69) is 39.5 Å². The quantitative estimate of drug-likeness (QED) is 0.579. The first-order chi connectivity index (χ1) is 9.39. The lowest BCUT2D eigenvalue weighted by molar-refractivity contribution is 0.103. The molecule has 1 nitrogen and oxygen atoms in total. The van der Waals surface area contributed by atoms with Crippen molar-refractivity contribution in [1.29, 1.82) is 0 Å². The van der Waals surface area contributed by atoms with E-state index >= 15 is 0 Å². The third-order valence-electron chi connectivity index (χ3n) is 3.95. The number of benzene rings is 2. The number of ketones is 1. The SMILES string of the molecule is C=C1c2ccccc2C(=O)c2ccc(C(C)(C)C)cc21. The topological polar surface area (TPSA) is 17.1 Å². The summed E-state index contributed by atoms with van der Waals surface area (Å²) in [7, 11) is 0. The van der Waals surface area contributed by atoms with Gasteiger partial charge in [0, 0.05) is 11.1 Å². The minimum Gasteiger partial charge on any atom is -0.289 e. The highest BCUT2D eigenvalue weighted by Gasteiger charge is 2.27. The van der Waals surface area contributed by atoms with E-state index in [0.29, 0.717) is 0 Å². The number of carbonyl (C=O) groups is 1. The maximum absolute atomic E-state index is 12.6. The highest BCUT2D eigenvalue weighted by molar-refractivity contribution is 6.18. The van der Waals surface area contributed by atoms with E-state index in [0.717, 1.165) is 27.8 Å². The molecule has 20 heavy (non-hydrogen) atoms. The molecule has 0 saturated heterocycles. The van der Waals surface area contributed by atoms with Crippen LogP contribution in [0.1, 0.15) is 53.4 Å². The fourth-order valence-electron chi connectivity index (χ4n) is 2.69. The van der Waals surface area contributed by atoms with Crippen LogP contribution in [0.25, 0.3) is 5.57 Å². The summed E-state index contributed by atoms with van der Waals surface area (Å²) in [5.41, 5.74) is 5.69. The van der Waals surface area contributed by atoms with Crippen molar-refractivity contribution < 1.29 is 4.79 Å². The molecule has 0 atom stereocenters. The lowest BCUT2D eigenvalue weighted by Crippen LogP contribution is -2.17. The van der Waals surface area contributed by atoms with Gasteiger partial charge in [0.1, 0.15) is 0 Å². The summed E-state index contributed by atoms with van der Waals surface area (Å²) in [5.74, 6) is 0.100. The maximum Gasteiger partial charge on any atom is 0.194 e. The van der Waals surface area contributed by atoms with Gasteiger partial charge < -0.3 is 0 Å². The number of carbonyl (C=O) groups excluding carboxylic acids is 1. The van der Waals surface area contributed by atoms with Crippen molar-refractivity contribution in [2.45, 2.75) is 26.2 Å². The van der Waals surface area contributed by atoms with Crippen LogP contribution in [-0.4, -0.2) is 5.78 Å². The lowest BCUT2D eigenvalue weighted by Gasteiger charge is -2.25. The van der Waals surface area contributed by atoms with Crippen LogP contribution in [0.15, 0.2) is 49.0 Å². The van der Waals surface area contributed by atoms with Gasteiger partial charge in [0.25, 0.3) is 0 Å². The van der Waals surface area contributed by atoms with E-state index in [9.17, 15) is 4.79 Å². The fraction of sp³-hybridized carbons (Fsp3) is 0.211. The summed E-state index contributed by atoms with van der Waals surface area (Å²) in [4.78, 5) is 12.6. The van der Waals surface area contributed by atoms with Gasteiger partial charge in [0.05, 0.1) is 0 Å².